The van der Waals surface area contributed by atoms with E-state index in [1.54, 1.807) is 0 Å². The van der Waals surface area contributed by atoms with Gasteiger partial charge in [-0.1, -0.05) is 40.2 Å². The molecule has 6 heteroatoms. The summed E-state index contributed by atoms with van der Waals surface area (Å²) in [5.41, 5.74) is 0.569. The molecular formula is C29H42O6. The van der Waals surface area contributed by atoms with Gasteiger partial charge in [-0.2, -0.15) is 0 Å². The highest BCUT2D eigenvalue weighted by molar-refractivity contribution is 5.91. The van der Waals surface area contributed by atoms with Crippen molar-refractivity contribution in [2.75, 3.05) is 13.2 Å². The van der Waals surface area contributed by atoms with E-state index < -0.39 is 0 Å². The molecule has 4 fully saturated rings. The Morgan fingerprint density at radius 3 is 2.40 bits per heavy atom. The minimum absolute atomic E-state index is 0.0259. The molecular weight excluding hydrogens is 444 g/mol. The van der Waals surface area contributed by atoms with Crippen LogP contribution in [-0.2, 0) is 28.6 Å². The maximum Gasteiger partial charge on any atom is 0.334 e. The highest BCUT2D eigenvalue weighted by Gasteiger charge is 2.70. The van der Waals surface area contributed by atoms with Crippen LogP contribution in [0.2, 0.25) is 0 Å². The Balaban J connectivity index is 1.56. The molecule has 5 rings (SSSR count). The van der Waals surface area contributed by atoms with Crippen molar-refractivity contribution < 1.29 is 28.6 Å². The fraction of sp³-hybridized carbons (Fsp3) is 0.828. The molecule has 6 nitrogen and oxygen atoms in total. The Morgan fingerprint density at radius 2 is 1.71 bits per heavy atom. The van der Waals surface area contributed by atoms with Crippen molar-refractivity contribution in [2.24, 2.45) is 45.3 Å². The number of cyclic esters (lactones) is 1. The quantitative estimate of drug-likeness (QED) is 0.401. The molecule has 0 aromatic rings. The average molecular weight is 487 g/mol. The van der Waals surface area contributed by atoms with E-state index in [0.717, 1.165) is 50.5 Å². The van der Waals surface area contributed by atoms with Crippen molar-refractivity contribution in [2.45, 2.75) is 92.6 Å². The second kappa shape index (κ2) is 8.08. The van der Waals surface area contributed by atoms with Gasteiger partial charge in [0.1, 0.15) is 6.10 Å². The van der Waals surface area contributed by atoms with Gasteiger partial charge in [0.05, 0.1) is 13.2 Å². The summed E-state index contributed by atoms with van der Waals surface area (Å²) >= 11 is 0. The van der Waals surface area contributed by atoms with Gasteiger partial charge < -0.3 is 14.2 Å². The van der Waals surface area contributed by atoms with E-state index in [9.17, 15) is 14.4 Å². The Bertz CT molecular complexity index is 970. The molecule has 1 saturated heterocycles. The first kappa shape index (κ1) is 24.8. The van der Waals surface area contributed by atoms with Gasteiger partial charge in [-0.15, -0.1) is 0 Å². The maximum atomic E-state index is 12.5. The average Bonchev–Trinajstić information content (AvgIpc) is 3.15. The second-order valence-corrected chi connectivity index (χ2v) is 13.2. The van der Waals surface area contributed by atoms with Crippen molar-refractivity contribution in [3.63, 3.8) is 0 Å². The van der Waals surface area contributed by atoms with E-state index >= 15 is 0 Å². The zero-order valence-corrected chi connectivity index (χ0v) is 22.3. The molecule has 0 bridgehead atoms. The first-order valence-electron chi connectivity index (χ1n) is 13.5. The molecule has 1 heterocycles. The molecule has 0 N–H and O–H groups in total. The predicted octanol–water partition coefficient (Wildman–Crippen LogP) is 5.24. The number of hydrogen-bond donors (Lipinski definition) is 0. The third-order valence-corrected chi connectivity index (χ3v) is 11.6. The summed E-state index contributed by atoms with van der Waals surface area (Å²) in [6.45, 7) is 13.4. The van der Waals surface area contributed by atoms with Crippen LogP contribution >= 0.6 is 0 Å². The van der Waals surface area contributed by atoms with Crippen LogP contribution in [0.1, 0.15) is 86.5 Å². The number of ether oxygens (including phenoxy) is 3. The summed E-state index contributed by atoms with van der Waals surface area (Å²) in [7, 11) is 0. The standard InChI is InChI=1S/C29H42O6/c1-17(30)34-16-26(3)11-7-12-27(4)21(26)10-13-28(5)22-9-8-19-20(15-33-25(19)32)29(22,6)24(14-23(27)28)35-18(2)31/h8,20-24H,7,9-16H2,1-6H3/t20-,21-,22-,23+,24+,26+,27-,28-,29+/m0/s1. The van der Waals surface area contributed by atoms with Gasteiger partial charge in [0, 0.05) is 36.2 Å². The van der Waals surface area contributed by atoms with Crippen molar-refractivity contribution in [1.29, 1.82) is 0 Å². The Labute approximate surface area is 209 Å². The number of esters is 3. The van der Waals surface area contributed by atoms with Gasteiger partial charge in [0.15, 0.2) is 0 Å². The molecule has 3 saturated carbocycles. The van der Waals surface area contributed by atoms with Crippen molar-refractivity contribution in [1.82, 2.24) is 0 Å². The number of fused-ring (bicyclic) bond motifs is 7. The SMILES string of the molecule is CC(=O)OC[C@@]1(C)CCC[C@]2(C)[C@H]3C[C@@H](OC(C)=O)[C@]4(C)[C@H]5COC(=O)C5=CC[C@H]4[C@]3(C)CC[C@@H]12. The van der Waals surface area contributed by atoms with Crippen molar-refractivity contribution in [3.05, 3.63) is 11.6 Å². The van der Waals surface area contributed by atoms with Crippen molar-refractivity contribution in [3.8, 4) is 0 Å². The van der Waals surface area contributed by atoms with E-state index in [1.807, 2.05) is 0 Å². The fourth-order valence-corrected chi connectivity index (χ4v) is 10.1. The number of carbonyl (C=O) groups is 3. The van der Waals surface area contributed by atoms with Crippen LogP contribution < -0.4 is 0 Å². The largest absolute Gasteiger partial charge is 0.465 e. The molecule has 5 aliphatic rings. The first-order chi connectivity index (χ1) is 16.4. The number of hydrogen-bond acceptors (Lipinski definition) is 6. The molecule has 0 aromatic carbocycles. The van der Waals surface area contributed by atoms with E-state index in [1.165, 1.54) is 13.8 Å². The van der Waals surface area contributed by atoms with Gasteiger partial charge in [-0.05, 0) is 67.1 Å². The number of carbonyl (C=O) groups excluding carboxylic acids is 3. The summed E-state index contributed by atoms with van der Waals surface area (Å²) in [5, 5.41) is 0. The van der Waals surface area contributed by atoms with Crippen molar-refractivity contribution >= 4 is 17.9 Å². The van der Waals surface area contributed by atoms with Gasteiger partial charge in [0.25, 0.3) is 0 Å². The van der Waals surface area contributed by atoms with Gasteiger partial charge in [-0.3, -0.25) is 9.59 Å². The molecule has 0 spiro atoms. The molecule has 0 radical (unpaired) electrons. The number of allylic oxidation sites excluding steroid dienone is 1. The van der Waals surface area contributed by atoms with E-state index in [2.05, 4.69) is 33.8 Å². The summed E-state index contributed by atoms with van der Waals surface area (Å²) in [6, 6.07) is 0. The predicted molar refractivity (Wildman–Crippen MR) is 130 cm³/mol. The minimum atomic E-state index is -0.327. The number of rotatable bonds is 3. The van der Waals surface area contributed by atoms with E-state index in [0.29, 0.717) is 31.0 Å². The molecule has 1 aliphatic heterocycles. The summed E-state index contributed by atoms with van der Waals surface area (Å²) < 4.78 is 17.3. The Hall–Kier alpha value is -1.85. The molecule has 9 atom stereocenters. The monoisotopic (exact) mass is 486 g/mol. The van der Waals surface area contributed by atoms with Gasteiger partial charge in [-0.25, -0.2) is 4.79 Å². The Morgan fingerprint density at radius 1 is 1.00 bits per heavy atom. The molecule has 4 aliphatic carbocycles. The topological polar surface area (TPSA) is 78.9 Å². The van der Waals surface area contributed by atoms with Crippen LogP contribution in [0, 0.1) is 45.3 Å². The van der Waals surface area contributed by atoms with Crippen LogP contribution in [-0.4, -0.2) is 37.2 Å². The molecule has 0 amide bonds. The Kier molecular flexibility index (Phi) is 5.73. The molecule has 35 heavy (non-hydrogen) atoms. The van der Waals surface area contributed by atoms with Crippen LogP contribution in [0.5, 0.6) is 0 Å². The third kappa shape index (κ3) is 3.44. The lowest BCUT2D eigenvalue weighted by Gasteiger charge is -2.70. The smallest absolute Gasteiger partial charge is 0.334 e. The lowest BCUT2D eigenvalue weighted by molar-refractivity contribution is -0.244. The normalized spacial score (nSPS) is 48.3. The molecule has 194 valence electrons. The summed E-state index contributed by atoms with van der Waals surface area (Å²) in [4.78, 5) is 36.5. The second-order valence-electron chi connectivity index (χ2n) is 13.2. The lowest BCUT2D eigenvalue weighted by Crippen LogP contribution is -2.67. The van der Waals surface area contributed by atoms with Crippen LogP contribution in [0.15, 0.2) is 11.6 Å². The summed E-state index contributed by atoms with van der Waals surface area (Å²) in [5.74, 6) is 0.465. The van der Waals surface area contributed by atoms with Crippen LogP contribution in [0.25, 0.3) is 0 Å². The van der Waals surface area contributed by atoms with E-state index in [4.69, 9.17) is 14.2 Å². The lowest BCUT2D eigenvalue weighted by atomic mass is 9.34. The van der Waals surface area contributed by atoms with Gasteiger partial charge in [0.2, 0.25) is 0 Å². The zero-order valence-electron chi connectivity index (χ0n) is 22.3. The molecule has 0 unspecified atom stereocenters. The van der Waals surface area contributed by atoms with E-state index in [-0.39, 0.29) is 51.6 Å². The third-order valence-electron chi connectivity index (χ3n) is 11.6. The van der Waals surface area contributed by atoms with Gasteiger partial charge >= 0.3 is 17.9 Å². The molecule has 0 aromatic heterocycles. The highest BCUT2D eigenvalue weighted by atomic mass is 16.6. The highest BCUT2D eigenvalue weighted by Crippen LogP contribution is 2.73. The maximum absolute atomic E-state index is 12.5. The zero-order chi connectivity index (χ0) is 25.4. The van der Waals surface area contributed by atoms with Crippen LogP contribution in [0.4, 0.5) is 0 Å². The fourth-order valence-electron chi connectivity index (χ4n) is 10.1. The minimum Gasteiger partial charge on any atom is -0.465 e. The first-order valence-corrected chi connectivity index (χ1v) is 13.5. The van der Waals surface area contributed by atoms with Crippen LogP contribution in [0.3, 0.4) is 0 Å². The summed E-state index contributed by atoms with van der Waals surface area (Å²) in [6.07, 6.45) is 9.09.